The van der Waals surface area contributed by atoms with Gasteiger partial charge in [0.25, 0.3) is 11.5 Å². The maximum Gasteiger partial charge on any atom is 0.256 e. The number of alkyl halides is 1. The quantitative estimate of drug-likeness (QED) is 0.506. The molecule has 1 fully saturated rings. The smallest absolute Gasteiger partial charge is 0.256 e. The molecule has 0 saturated carbocycles. The van der Waals surface area contributed by atoms with E-state index in [4.69, 9.17) is 4.74 Å². The molecule has 0 aliphatic carbocycles. The van der Waals surface area contributed by atoms with Crippen molar-refractivity contribution < 1.29 is 13.9 Å². The van der Waals surface area contributed by atoms with Gasteiger partial charge in [0.1, 0.15) is 12.4 Å². The van der Waals surface area contributed by atoms with Crippen LogP contribution < -0.4 is 15.6 Å². The maximum absolute atomic E-state index is 13.4. The van der Waals surface area contributed by atoms with Crippen molar-refractivity contribution in [1.82, 2.24) is 19.8 Å². The summed E-state index contributed by atoms with van der Waals surface area (Å²) in [4.78, 5) is 30.9. The van der Waals surface area contributed by atoms with Gasteiger partial charge in [-0.3, -0.25) is 9.59 Å². The third-order valence-corrected chi connectivity index (χ3v) is 7.38. The first kappa shape index (κ1) is 25.0. The molecule has 1 saturated heterocycles. The molecule has 2 aromatic heterocycles. The fraction of sp³-hybridized carbons (Fsp3) is 0.481. The summed E-state index contributed by atoms with van der Waals surface area (Å²) >= 11 is 0. The number of nitrogens with zero attached hydrogens (tertiary/aromatic N) is 2. The molecular weight excluding hydrogens is 447 g/mol. The van der Waals surface area contributed by atoms with E-state index in [0.717, 1.165) is 42.5 Å². The number of carbonyl (C=O) groups is 1. The van der Waals surface area contributed by atoms with Gasteiger partial charge in [0.15, 0.2) is 0 Å². The zero-order valence-corrected chi connectivity index (χ0v) is 21.0. The van der Waals surface area contributed by atoms with Crippen LogP contribution in [0.3, 0.4) is 0 Å². The van der Waals surface area contributed by atoms with Crippen LogP contribution in [0, 0.1) is 19.8 Å². The molecule has 1 atom stereocenters. The maximum atomic E-state index is 13.4. The minimum absolute atomic E-state index is 0.0686. The summed E-state index contributed by atoms with van der Waals surface area (Å²) in [5, 5.41) is 3.84. The molecule has 188 valence electrons. The standard InChI is InChI=1S/C27H35FN4O3/c1-17-15-24(35-4)22(26(33)30-17)16-29-27(34)25-19(3)32(23-8-6-5-7-21(23)25)18(2)20-9-12-31(13-10-20)14-11-28/h5-8,15,18,20H,9-14,16H2,1-4H3,(H,29,34)(H,30,33). The third-order valence-electron chi connectivity index (χ3n) is 7.38. The average molecular weight is 483 g/mol. The van der Waals surface area contributed by atoms with Crippen LogP contribution in [0.5, 0.6) is 5.75 Å². The number of para-hydroxylation sites is 1. The number of aryl methyl sites for hydroxylation is 1. The highest BCUT2D eigenvalue weighted by molar-refractivity contribution is 6.08. The van der Waals surface area contributed by atoms with Crippen molar-refractivity contribution in [2.24, 2.45) is 5.92 Å². The first-order valence-electron chi connectivity index (χ1n) is 12.3. The van der Waals surface area contributed by atoms with Crippen molar-refractivity contribution in [2.75, 3.05) is 33.4 Å². The number of likely N-dealkylation sites (tertiary alicyclic amines) is 1. The number of rotatable bonds is 8. The molecule has 1 unspecified atom stereocenters. The lowest BCUT2D eigenvalue weighted by Gasteiger charge is -2.35. The van der Waals surface area contributed by atoms with Crippen molar-refractivity contribution in [3.05, 3.63) is 63.2 Å². The Hall–Kier alpha value is -3.13. The molecule has 7 nitrogen and oxygen atoms in total. The Bertz CT molecular complexity index is 1260. The van der Waals surface area contributed by atoms with E-state index >= 15 is 0 Å². The van der Waals surface area contributed by atoms with Crippen LogP contribution in [0.1, 0.15) is 53.1 Å². The fourth-order valence-corrected chi connectivity index (χ4v) is 5.48. The number of benzene rings is 1. The Labute approximate surface area is 205 Å². The number of nitrogens with one attached hydrogen (secondary N) is 2. The van der Waals surface area contributed by atoms with E-state index in [1.165, 1.54) is 7.11 Å². The van der Waals surface area contributed by atoms with Gasteiger partial charge in [-0.05, 0) is 64.8 Å². The number of carbonyl (C=O) groups excluding carboxylic acids is 1. The second-order valence-corrected chi connectivity index (χ2v) is 9.47. The van der Waals surface area contributed by atoms with E-state index in [1.807, 2.05) is 25.1 Å². The van der Waals surface area contributed by atoms with Gasteiger partial charge in [-0.15, -0.1) is 0 Å². The first-order chi connectivity index (χ1) is 16.8. The third kappa shape index (κ3) is 4.98. The lowest BCUT2D eigenvalue weighted by molar-refractivity contribution is 0.0951. The van der Waals surface area contributed by atoms with Gasteiger partial charge in [0.05, 0.1) is 24.8 Å². The second kappa shape index (κ2) is 10.6. The van der Waals surface area contributed by atoms with E-state index in [-0.39, 0.29) is 30.7 Å². The average Bonchev–Trinajstić information content (AvgIpc) is 3.14. The van der Waals surface area contributed by atoms with E-state index in [2.05, 4.69) is 32.8 Å². The molecule has 1 amide bonds. The molecule has 2 N–H and O–H groups in total. The lowest BCUT2D eigenvalue weighted by atomic mass is 9.90. The molecule has 1 aliphatic rings. The van der Waals surface area contributed by atoms with Crippen LogP contribution in [0.2, 0.25) is 0 Å². The molecule has 0 radical (unpaired) electrons. The summed E-state index contributed by atoms with van der Waals surface area (Å²) in [5.74, 6) is 0.689. The van der Waals surface area contributed by atoms with Crippen molar-refractivity contribution in [2.45, 2.75) is 46.2 Å². The number of aromatic nitrogens is 2. The van der Waals surface area contributed by atoms with Crippen molar-refractivity contribution in [1.29, 1.82) is 0 Å². The van der Waals surface area contributed by atoms with E-state index < -0.39 is 0 Å². The zero-order chi connectivity index (χ0) is 25.1. The lowest BCUT2D eigenvalue weighted by Crippen LogP contribution is -2.37. The number of H-pyrrole nitrogens is 1. The highest BCUT2D eigenvalue weighted by Gasteiger charge is 2.29. The van der Waals surface area contributed by atoms with Crippen LogP contribution in [-0.4, -0.2) is 53.8 Å². The van der Waals surface area contributed by atoms with Gasteiger partial charge in [0, 0.05) is 34.9 Å². The molecule has 8 heteroatoms. The Morgan fingerprint density at radius 1 is 1.26 bits per heavy atom. The molecule has 0 spiro atoms. The summed E-state index contributed by atoms with van der Waals surface area (Å²) in [5.41, 5.74) is 3.39. The monoisotopic (exact) mass is 482 g/mol. The van der Waals surface area contributed by atoms with Crippen LogP contribution in [-0.2, 0) is 6.54 Å². The highest BCUT2D eigenvalue weighted by atomic mass is 19.1. The van der Waals surface area contributed by atoms with Crippen LogP contribution >= 0.6 is 0 Å². The summed E-state index contributed by atoms with van der Waals surface area (Å²) in [6.45, 7) is 8.06. The number of methoxy groups -OCH3 is 1. The largest absolute Gasteiger partial charge is 0.496 e. The Morgan fingerprint density at radius 2 is 1.97 bits per heavy atom. The number of piperidine rings is 1. The normalized spacial score (nSPS) is 15.9. The molecule has 0 bridgehead atoms. The highest BCUT2D eigenvalue weighted by Crippen LogP contribution is 2.35. The van der Waals surface area contributed by atoms with Gasteiger partial charge in [-0.2, -0.15) is 0 Å². The number of halogens is 1. The topological polar surface area (TPSA) is 79.4 Å². The molecule has 4 rings (SSSR count). The summed E-state index contributed by atoms with van der Waals surface area (Å²) in [6.07, 6.45) is 2.01. The molecule has 1 aliphatic heterocycles. The van der Waals surface area contributed by atoms with Gasteiger partial charge < -0.3 is 24.5 Å². The second-order valence-electron chi connectivity index (χ2n) is 9.47. The van der Waals surface area contributed by atoms with E-state index in [0.29, 0.717) is 35.0 Å². The van der Waals surface area contributed by atoms with Crippen LogP contribution in [0.4, 0.5) is 4.39 Å². The van der Waals surface area contributed by atoms with Gasteiger partial charge >= 0.3 is 0 Å². The van der Waals surface area contributed by atoms with E-state index in [1.54, 1.807) is 13.0 Å². The molecule has 1 aromatic carbocycles. The minimum atomic E-state index is -0.305. The number of ether oxygens (including phenoxy) is 1. The van der Waals surface area contributed by atoms with Crippen LogP contribution in [0.25, 0.3) is 10.9 Å². The molecule has 3 heterocycles. The predicted octanol–water partition coefficient (Wildman–Crippen LogP) is 4.13. The van der Waals surface area contributed by atoms with Gasteiger partial charge in [-0.1, -0.05) is 18.2 Å². The molecule has 35 heavy (non-hydrogen) atoms. The SMILES string of the molecule is COc1cc(C)[nH]c(=O)c1CNC(=O)c1c(C)n(C(C)C2CCN(CCF)CC2)c2ccccc12. The van der Waals surface area contributed by atoms with Gasteiger partial charge in [0.2, 0.25) is 0 Å². The minimum Gasteiger partial charge on any atom is -0.496 e. The van der Waals surface area contributed by atoms with Crippen molar-refractivity contribution >= 4 is 16.8 Å². The van der Waals surface area contributed by atoms with Crippen LogP contribution in [0.15, 0.2) is 35.1 Å². The number of hydrogen-bond donors (Lipinski definition) is 2. The Kier molecular flexibility index (Phi) is 7.60. The van der Waals surface area contributed by atoms with Crippen molar-refractivity contribution in [3.8, 4) is 5.75 Å². The summed E-state index contributed by atoms with van der Waals surface area (Å²) in [7, 11) is 1.51. The fourth-order valence-electron chi connectivity index (χ4n) is 5.48. The Morgan fingerprint density at radius 3 is 2.66 bits per heavy atom. The number of amides is 1. The van der Waals surface area contributed by atoms with Crippen molar-refractivity contribution in [3.63, 3.8) is 0 Å². The number of pyridine rings is 1. The van der Waals surface area contributed by atoms with E-state index in [9.17, 15) is 14.0 Å². The summed E-state index contributed by atoms with van der Waals surface area (Å²) < 4.78 is 20.4. The number of aromatic amines is 1. The number of hydrogen-bond acceptors (Lipinski definition) is 4. The first-order valence-corrected chi connectivity index (χ1v) is 12.3. The molecule has 3 aromatic rings. The predicted molar refractivity (Wildman–Crippen MR) is 136 cm³/mol. The zero-order valence-electron chi connectivity index (χ0n) is 21.0. The molecular formula is C27H35FN4O3. The van der Waals surface area contributed by atoms with Gasteiger partial charge in [-0.25, -0.2) is 4.39 Å². The number of fused-ring (bicyclic) bond motifs is 1. The summed E-state index contributed by atoms with van der Waals surface area (Å²) in [6, 6.07) is 9.92. The Balaban J connectivity index is 1.61.